The Labute approximate surface area is 162 Å². The first kappa shape index (κ1) is 17.5. The Morgan fingerprint density at radius 2 is 1.96 bits per heavy atom. The predicted octanol–water partition coefficient (Wildman–Crippen LogP) is 4.15. The summed E-state index contributed by atoms with van der Waals surface area (Å²) < 4.78 is 6.96. The zero-order chi connectivity index (χ0) is 19.0. The van der Waals surface area contributed by atoms with Gasteiger partial charge in [0.2, 0.25) is 5.78 Å². The number of benzene rings is 2. The molecule has 0 unspecified atom stereocenters. The highest BCUT2D eigenvalue weighted by molar-refractivity contribution is 6.47. The van der Waals surface area contributed by atoms with Crippen molar-refractivity contribution in [1.29, 1.82) is 0 Å². The van der Waals surface area contributed by atoms with Gasteiger partial charge in [0.1, 0.15) is 18.0 Å². The fourth-order valence-electron chi connectivity index (χ4n) is 3.23. The van der Waals surface area contributed by atoms with Crippen molar-refractivity contribution >= 4 is 28.9 Å². The van der Waals surface area contributed by atoms with E-state index in [-0.39, 0.29) is 12.3 Å². The van der Waals surface area contributed by atoms with E-state index in [0.29, 0.717) is 22.9 Å². The van der Waals surface area contributed by atoms with E-state index in [1.54, 1.807) is 11.8 Å². The molecule has 0 bridgehead atoms. The maximum absolute atomic E-state index is 12.6. The van der Waals surface area contributed by atoms with E-state index in [1.807, 2.05) is 55.5 Å². The first-order valence-electron chi connectivity index (χ1n) is 8.62. The number of hydrogen-bond acceptors (Lipinski definition) is 4. The fraction of sp³-hybridized carbons (Fsp3) is 0.190. The average molecular weight is 380 g/mol. The molecule has 1 aliphatic heterocycles. The summed E-state index contributed by atoms with van der Waals surface area (Å²) in [4.78, 5) is 17.3. The summed E-state index contributed by atoms with van der Waals surface area (Å²) in [6, 6.07) is 15.1. The number of halogens is 1. The van der Waals surface area contributed by atoms with Crippen LogP contribution in [0, 0.1) is 6.92 Å². The summed E-state index contributed by atoms with van der Waals surface area (Å²) in [7, 11) is 1.60. The fourth-order valence-corrected chi connectivity index (χ4v) is 3.36. The molecule has 0 spiro atoms. The van der Waals surface area contributed by atoms with E-state index in [9.17, 15) is 4.79 Å². The first-order valence-corrected chi connectivity index (χ1v) is 9.00. The number of fused-ring (bicyclic) bond motifs is 1. The third kappa shape index (κ3) is 3.38. The number of carbonyl (C=O) groups excluding carboxylic acids is 1. The van der Waals surface area contributed by atoms with Crippen LogP contribution in [-0.4, -0.2) is 28.4 Å². The van der Waals surface area contributed by atoms with Crippen LogP contribution >= 0.6 is 11.6 Å². The SMILES string of the molecule is COc1cccc(C2=Nc3c(Cc4ccc(Cl)cc4)c(C)nn3CC2=O)c1. The smallest absolute Gasteiger partial charge is 0.203 e. The van der Waals surface area contributed by atoms with Gasteiger partial charge in [0.25, 0.3) is 0 Å². The Balaban J connectivity index is 1.76. The number of ketones is 1. The van der Waals surface area contributed by atoms with Crippen molar-refractivity contribution in [3.8, 4) is 5.75 Å². The molecule has 3 aromatic rings. The molecular formula is C21H18ClN3O2. The number of aromatic nitrogens is 2. The summed E-state index contributed by atoms with van der Waals surface area (Å²) in [5.74, 6) is 1.37. The minimum atomic E-state index is -0.0590. The van der Waals surface area contributed by atoms with Gasteiger partial charge in [0.15, 0.2) is 5.82 Å². The van der Waals surface area contributed by atoms with Crippen molar-refractivity contribution < 1.29 is 9.53 Å². The molecule has 6 heteroatoms. The molecule has 27 heavy (non-hydrogen) atoms. The summed E-state index contributed by atoms with van der Waals surface area (Å²) in [5, 5.41) is 5.22. The van der Waals surface area contributed by atoms with Gasteiger partial charge in [-0.3, -0.25) is 4.79 Å². The van der Waals surface area contributed by atoms with Crippen molar-refractivity contribution in [2.75, 3.05) is 7.11 Å². The molecule has 0 fully saturated rings. The molecule has 2 heterocycles. The number of methoxy groups -OCH3 is 1. The van der Waals surface area contributed by atoms with Crippen LogP contribution in [0.1, 0.15) is 22.4 Å². The highest BCUT2D eigenvalue weighted by atomic mass is 35.5. The van der Waals surface area contributed by atoms with Crippen LogP contribution in [0.5, 0.6) is 5.75 Å². The lowest BCUT2D eigenvalue weighted by Gasteiger charge is -2.15. The summed E-state index contributed by atoms with van der Waals surface area (Å²) >= 11 is 5.98. The van der Waals surface area contributed by atoms with Crippen molar-refractivity contribution in [3.63, 3.8) is 0 Å². The van der Waals surface area contributed by atoms with E-state index in [0.717, 1.165) is 28.2 Å². The van der Waals surface area contributed by atoms with Crippen molar-refractivity contribution in [2.45, 2.75) is 19.9 Å². The number of hydrogen-bond donors (Lipinski definition) is 0. The highest BCUT2D eigenvalue weighted by Crippen LogP contribution is 2.30. The molecule has 136 valence electrons. The molecule has 0 atom stereocenters. The summed E-state index contributed by atoms with van der Waals surface area (Å²) in [6.07, 6.45) is 0.682. The van der Waals surface area contributed by atoms with E-state index < -0.39 is 0 Å². The van der Waals surface area contributed by atoms with Gasteiger partial charge in [-0.25, -0.2) is 9.67 Å². The van der Waals surface area contributed by atoms with Crippen LogP contribution in [0.3, 0.4) is 0 Å². The lowest BCUT2D eigenvalue weighted by atomic mass is 10.0. The number of aryl methyl sites for hydroxylation is 1. The van der Waals surface area contributed by atoms with E-state index in [1.165, 1.54) is 0 Å². The number of ether oxygens (including phenoxy) is 1. The van der Waals surface area contributed by atoms with Crippen LogP contribution in [0.25, 0.3) is 0 Å². The Bertz CT molecular complexity index is 1050. The molecule has 0 saturated heterocycles. The Morgan fingerprint density at radius 3 is 2.70 bits per heavy atom. The number of nitrogens with zero attached hydrogens (tertiary/aromatic N) is 3. The Kier molecular flexibility index (Phi) is 4.54. The number of rotatable bonds is 4. The molecule has 0 amide bonds. The van der Waals surface area contributed by atoms with Crippen molar-refractivity contribution in [3.05, 3.63) is 75.9 Å². The van der Waals surface area contributed by atoms with Gasteiger partial charge >= 0.3 is 0 Å². The second kappa shape index (κ2) is 7.00. The Hall–Kier alpha value is -2.92. The van der Waals surface area contributed by atoms with Gasteiger partial charge in [-0.2, -0.15) is 5.10 Å². The molecule has 4 rings (SSSR count). The maximum atomic E-state index is 12.6. The number of Topliss-reactive ketones (excluding diaryl/α,β-unsaturated/α-hetero) is 1. The molecule has 1 aliphatic rings. The second-order valence-corrected chi connectivity index (χ2v) is 6.90. The van der Waals surface area contributed by atoms with Crippen LogP contribution in [-0.2, 0) is 17.8 Å². The van der Waals surface area contributed by atoms with E-state index in [2.05, 4.69) is 5.10 Å². The molecule has 0 radical (unpaired) electrons. The first-order chi connectivity index (χ1) is 13.0. The molecular weight excluding hydrogens is 362 g/mol. The Morgan fingerprint density at radius 1 is 1.19 bits per heavy atom. The van der Waals surface area contributed by atoms with Gasteiger partial charge in [0, 0.05) is 22.6 Å². The minimum absolute atomic E-state index is 0.0590. The van der Waals surface area contributed by atoms with Crippen molar-refractivity contribution in [1.82, 2.24) is 9.78 Å². The zero-order valence-electron chi connectivity index (χ0n) is 15.1. The lowest BCUT2D eigenvalue weighted by Crippen LogP contribution is -2.25. The lowest BCUT2D eigenvalue weighted by molar-refractivity contribution is -0.113. The van der Waals surface area contributed by atoms with Gasteiger partial charge in [-0.05, 0) is 36.8 Å². The molecule has 5 nitrogen and oxygen atoms in total. The van der Waals surface area contributed by atoms with E-state index >= 15 is 0 Å². The van der Waals surface area contributed by atoms with Gasteiger partial charge in [0.05, 0.1) is 12.8 Å². The van der Waals surface area contributed by atoms with Crippen LogP contribution in [0.15, 0.2) is 53.5 Å². The molecule has 1 aromatic heterocycles. The standard InChI is InChI=1S/C21H18ClN3O2/c1-13-18(10-14-6-8-16(22)9-7-14)21-23-20(19(26)12-25(21)24-13)15-4-3-5-17(11-15)27-2/h3-9,11H,10,12H2,1-2H3. The topological polar surface area (TPSA) is 56.5 Å². The summed E-state index contributed by atoms with van der Waals surface area (Å²) in [5.41, 5.74) is 4.21. The van der Waals surface area contributed by atoms with Gasteiger partial charge < -0.3 is 4.74 Å². The third-order valence-electron chi connectivity index (χ3n) is 4.63. The quantitative estimate of drug-likeness (QED) is 0.684. The molecule has 2 aromatic carbocycles. The van der Waals surface area contributed by atoms with Crippen LogP contribution in [0.4, 0.5) is 5.82 Å². The maximum Gasteiger partial charge on any atom is 0.203 e. The summed E-state index contributed by atoms with van der Waals surface area (Å²) in [6.45, 7) is 2.13. The van der Waals surface area contributed by atoms with Crippen LogP contribution in [0.2, 0.25) is 5.02 Å². The zero-order valence-corrected chi connectivity index (χ0v) is 15.8. The van der Waals surface area contributed by atoms with Gasteiger partial charge in [-0.1, -0.05) is 35.9 Å². The predicted molar refractivity (Wildman–Crippen MR) is 105 cm³/mol. The molecule has 0 saturated carbocycles. The third-order valence-corrected chi connectivity index (χ3v) is 4.89. The highest BCUT2D eigenvalue weighted by Gasteiger charge is 2.26. The van der Waals surface area contributed by atoms with Crippen LogP contribution < -0.4 is 4.74 Å². The minimum Gasteiger partial charge on any atom is -0.497 e. The normalized spacial score (nSPS) is 13.3. The number of carbonyl (C=O) groups is 1. The van der Waals surface area contributed by atoms with Crippen molar-refractivity contribution in [2.24, 2.45) is 4.99 Å². The van der Waals surface area contributed by atoms with Gasteiger partial charge in [-0.15, -0.1) is 0 Å². The second-order valence-electron chi connectivity index (χ2n) is 6.46. The number of aliphatic imine (C=N–C) groups is 1. The van der Waals surface area contributed by atoms with E-state index in [4.69, 9.17) is 21.3 Å². The molecule has 0 aliphatic carbocycles. The largest absolute Gasteiger partial charge is 0.497 e. The average Bonchev–Trinajstić information content (AvgIpc) is 2.97. The molecule has 0 N–H and O–H groups in total. The monoisotopic (exact) mass is 379 g/mol.